The standard InChI is InChI=1S/C31H31NO5/c1-4-6-7-17-36-24-10-8-9-21(19-24)28-27-29(33)25-18-20(3)11-16-26(25)37-30(27)31(34)32(28)22-12-14-23(15-13-22)35-5-2/h8-16,18-19,28H,4-7,17H2,1-3H3. The first-order chi connectivity index (χ1) is 18.0. The van der Waals surface area contributed by atoms with E-state index in [2.05, 4.69) is 6.92 Å². The van der Waals surface area contributed by atoms with Crippen LogP contribution in [0.1, 0.15) is 66.4 Å². The number of aryl methyl sites for hydroxylation is 1. The van der Waals surface area contributed by atoms with Crippen LogP contribution < -0.4 is 19.8 Å². The van der Waals surface area contributed by atoms with E-state index in [0.29, 0.717) is 46.9 Å². The second-order valence-electron chi connectivity index (χ2n) is 9.31. The van der Waals surface area contributed by atoms with Crippen LogP contribution in [0.15, 0.2) is 75.9 Å². The highest BCUT2D eigenvalue weighted by molar-refractivity contribution is 6.10. The molecule has 190 valence electrons. The number of amides is 1. The van der Waals surface area contributed by atoms with Gasteiger partial charge in [-0.25, -0.2) is 0 Å². The summed E-state index contributed by atoms with van der Waals surface area (Å²) in [4.78, 5) is 29.3. The molecule has 6 heteroatoms. The molecule has 0 radical (unpaired) electrons. The Hall–Kier alpha value is -4.06. The molecule has 5 rings (SSSR count). The second kappa shape index (κ2) is 10.5. The number of hydrogen-bond acceptors (Lipinski definition) is 5. The van der Waals surface area contributed by atoms with E-state index in [4.69, 9.17) is 13.9 Å². The van der Waals surface area contributed by atoms with Crippen molar-refractivity contribution in [1.29, 1.82) is 0 Å². The summed E-state index contributed by atoms with van der Waals surface area (Å²) in [5, 5.41) is 0.470. The zero-order chi connectivity index (χ0) is 25.9. The van der Waals surface area contributed by atoms with Crippen molar-refractivity contribution in [2.24, 2.45) is 0 Å². The van der Waals surface area contributed by atoms with E-state index in [1.165, 1.54) is 0 Å². The maximum atomic E-state index is 13.9. The predicted octanol–water partition coefficient (Wildman–Crippen LogP) is 6.82. The lowest BCUT2D eigenvalue weighted by molar-refractivity contribution is 0.0971. The fourth-order valence-corrected chi connectivity index (χ4v) is 4.85. The summed E-state index contributed by atoms with van der Waals surface area (Å²) in [6, 6.07) is 19.8. The number of nitrogens with zero attached hydrogens (tertiary/aromatic N) is 1. The molecule has 37 heavy (non-hydrogen) atoms. The third-order valence-electron chi connectivity index (χ3n) is 6.64. The maximum Gasteiger partial charge on any atom is 0.295 e. The highest BCUT2D eigenvalue weighted by atomic mass is 16.5. The van der Waals surface area contributed by atoms with Crippen LogP contribution in [0.5, 0.6) is 11.5 Å². The summed E-state index contributed by atoms with van der Waals surface area (Å²) in [5.74, 6) is 1.15. The van der Waals surface area contributed by atoms with E-state index in [1.54, 1.807) is 11.0 Å². The van der Waals surface area contributed by atoms with Gasteiger partial charge in [-0.2, -0.15) is 0 Å². The first-order valence-electron chi connectivity index (χ1n) is 12.9. The van der Waals surface area contributed by atoms with Gasteiger partial charge in [0.15, 0.2) is 5.43 Å². The van der Waals surface area contributed by atoms with Crippen molar-refractivity contribution in [3.05, 3.63) is 99.4 Å². The minimum atomic E-state index is -0.652. The minimum absolute atomic E-state index is 0.0782. The summed E-state index contributed by atoms with van der Waals surface area (Å²) >= 11 is 0. The van der Waals surface area contributed by atoms with E-state index < -0.39 is 6.04 Å². The molecule has 6 nitrogen and oxygen atoms in total. The summed E-state index contributed by atoms with van der Waals surface area (Å²) in [6.45, 7) is 7.17. The summed E-state index contributed by atoms with van der Waals surface area (Å²) in [6.07, 6.45) is 3.19. The van der Waals surface area contributed by atoms with Crippen molar-refractivity contribution in [3.63, 3.8) is 0 Å². The number of unbranched alkanes of at least 4 members (excludes halogenated alkanes) is 2. The van der Waals surface area contributed by atoms with Gasteiger partial charge in [0, 0.05) is 5.69 Å². The van der Waals surface area contributed by atoms with Crippen LogP contribution in [-0.4, -0.2) is 19.1 Å². The van der Waals surface area contributed by atoms with E-state index in [-0.39, 0.29) is 17.1 Å². The number of hydrogen-bond donors (Lipinski definition) is 0. The molecule has 0 saturated carbocycles. The van der Waals surface area contributed by atoms with Crippen molar-refractivity contribution in [3.8, 4) is 11.5 Å². The lowest BCUT2D eigenvalue weighted by Gasteiger charge is -2.25. The number of benzene rings is 3. The lowest BCUT2D eigenvalue weighted by atomic mass is 9.97. The van der Waals surface area contributed by atoms with Crippen LogP contribution in [0.25, 0.3) is 11.0 Å². The molecular formula is C31H31NO5. The molecule has 0 bridgehead atoms. The highest BCUT2D eigenvalue weighted by Gasteiger charge is 2.43. The van der Waals surface area contributed by atoms with Crippen molar-refractivity contribution < 1.29 is 18.7 Å². The zero-order valence-electron chi connectivity index (χ0n) is 21.5. The van der Waals surface area contributed by atoms with Crippen LogP contribution in [0.4, 0.5) is 5.69 Å². The molecule has 1 amide bonds. The monoisotopic (exact) mass is 497 g/mol. The first kappa shape index (κ1) is 24.6. The molecule has 4 aromatic rings. The van der Waals surface area contributed by atoms with Gasteiger partial charge < -0.3 is 13.9 Å². The molecule has 0 N–H and O–H groups in total. The molecule has 1 unspecified atom stereocenters. The third-order valence-corrected chi connectivity index (χ3v) is 6.64. The van der Waals surface area contributed by atoms with E-state index >= 15 is 0 Å². The maximum absolute atomic E-state index is 13.9. The van der Waals surface area contributed by atoms with Gasteiger partial charge in [0.25, 0.3) is 5.91 Å². The minimum Gasteiger partial charge on any atom is -0.494 e. The second-order valence-corrected chi connectivity index (χ2v) is 9.31. The fourth-order valence-electron chi connectivity index (χ4n) is 4.85. The van der Waals surface area contributed by atoms with Gasteiger partial charge in [0.1, 0.15) is 17.1 Å². The van der Waals surface area contributed by atoms with E-state index in [9.17, 15) is 9.59 Å². The Bertz CT molecular complexity index is 1490. The molecule has 3 aromatic carbocycles. The van der Waals surface area contributed by atoms with Crippen molar-refractivity contribution in [1.82, 2.24) is 0 Å². The number of carbonyl (C=O) groups excluding carboxylic acids is 1. The SMILES string of the molecule is CCCCCOc1cccc(C2c3c(oc4ccc(C)cc4c3=O)C(=O)N2c2ccc(OCC)cc2)c1. The fraction of sp³-hybridized carbons (Fsp3) is 0.290. The van der Waals surface area contributed by atoms with Crippen molar-refractivity contribution in [2.45, 2.75) is 46.1 Å². The molecule has 1 atom stereocenters. The average molecular weight is 498 g/mol. The van der Waals surface area contributed by atoms with Gasteiger partial charge in [-0.1, -0.05) is 43.5 Å². The number of rotatable bonds is 9. The van der Waals surface area contributed by atoms with Gasteiger partial charge in [-0.3, -0.25) is 14.5 Å². The average Bonchev–Trinajstić information content (AvgIpc) is 3.20. The van der Waals surface area contributed by atoms with Gasteiger partial charge in [-0.15, -0.1) is 0 Å². The largest absolute Gasteiger partial charge is 0.494 e. The van der Waals surface area contributed by atoms with Crippen LogP contribution in [0.3, 0.4) is 0 Å². The predicted molar refractivity (Wildman–Crippen MR) is 145 cm³/mol. The molecule has 0 spiro atoms. The number of anilines is 1. The topological polar surface area (TPSA) is 69.0 Å². The summed E-state index contributed by atoms with van der Waals surface area (Å²) in [5.41, 5.74) is 2.95. The third kappa shape index (κ3) is 4.71. The Morgan fingerprint density at radius 3 is 2.46 bits per heavy atom. The number of ether oxygens (including phenoxy) is 2. The Morgan fingerprint density at radius 1 is 0.892 bits per heavy atom. The Labute approximate surface area is 216 Å². The van der Waals surface area contributed by atoms with Crippen LogP contribution >= 0.6 is 0 Å². The Balaban J connectivity index is 1.64. The Kier molecular flexibility index (Phi) is 6.99. The molecular weight excluding hydrogens is 466 g/mol. The van der Waals surface area contributed by atoms with Gasteiger partial charge in [0.2, 0.25) is 5.76 Å². The number of fused-ring (bicyclic) bond motifs is 2. The van der Waals surface area contributed by atoms with Crippen LogP contribution in [0, 0.1) is 6.92 Å². The van der Waals surface area contributed by atoms with Gasteiger partial charge in [0.05, 0.1) is 30.2 Å². The van der Waals surface area contributed by atoms with Crippen LogP contribution in [-0.2, 0) is 0 Å². The highest BCUT2D eigenvalue weighted by Crippen LogP contribution is 2.42. The smallest absolute Gasteiger partial charge is 0.295 e. The molecule has 0 aliphatic carbocycles. The van der Waals surface area contributed by atoms with E-state index in [0.717, 1.165) is 30.4 Å². The summed E-state index contributed by atoms with van der Waals surface area (Å²) in [7, 11) is 0. The molecule has 2 heterocycles. The van der Waals surface area contributed by atoms with Crippen LogP contribution in [0.2, 0.25) is 0 Å². The Morgan fingerprint density at radius 2 is 1.70 bits per heavy atom. The molecule has 1 aromatic heterocycles. The summed E-state index contributed by atoms with van der Waals surface area (Å²) < 4.78 is 17.7. The zero-order valence-corrected chi connectivity index (χ0v) is 21.5. The molecule has 1 aliphatic heterocycles. The van der Waals surface area contributed by atoms with Crippen molar-refractivity contribution >= 4 is 22.6 Å². The molecule has 0 saturated heterocycles. The van der Waals surface area contributed by atoms with E-state index in [1.807, 2.05) is 74.5 Å². The molecule has 1 aliphatic rings. The van der Waals surface area contributed by atoms with Crippen molar-refractivity contribution in [2.75, 3.05) is 18.1 Å². The van der Waals surface area contributed by atoms with Gasteiger partial charge >= 0.3 is 0 Å². The first-order valence-corrected chi connectivity index (χ1v) is 12.9. The normalized spacial score (nSPS) is 14.7. The van der Waals surface area contributed by atoms with Gasteiger partial charge in [-0.05, 0) is 74.4 Å². The number of carbonyl (C=O) groups is 1. The quantitative estimate of drug-likeness (QED) is 0.237. The lowest BCUT2D eigenvalue weighted by Crippen LogP contribution is -2.29. The molecule has 0 fully saturated rings.